The summed E-state index contributed by atoms with van der Waals surface area (Å²) in [5.74, 6) is -1.73. The molecule has 2 aromatic rings. The predicted molar refractivity (Wildman–Crippen MR) is 112 cm³/mol. The molecule has 0 spiro atoms. The first-order chi connectivity index (χ1) is 13.9. The third kappa shape index (κ3) is 5.64. The molecule has 0 aliphatic carbocycles. The summed E-state index contributed by atoms with van der Waals surface area (Å²) >= 11 is 0. The van der Waals surface area contributed by atoms with Gasteiger partial charge in [0, 0.05) is 22.8 Å². The van der Waals surface area contributed by atoms with Crippen molar-refractivity contribution in [2.75, 3.05) is 0 Å². The maximum absolute atomic E-state index is 14.6. The lowest BCUT2D eigenvalue weighted by Crippen LogP contribution is -2.32. The number of esters is 2. The Balaban J connectivity index is 2.29. The van der Waals surface area contributed by atoms with E-state index in [0.717, 1.165) is 6.07 Å². The SMILES string of the molecule is C=C(C)C(=O)Oc1ccc(-c2ccc(C(OC(=O)C(=C)C)C(C)(C)O)cc2)c(F)c1. The topological polar surface area (TPSA) is 72.8 Å². The van der Waals surface area contributed by atoms with Crippen molar-refractivity contribution in [2.24, 2.45) is 0 Å². The molecular weight excluding hydrogens is 387 g/mol. The molecule has 0 saturated heterocycles. The fraction of sp³-hybridized carbons (Fsp3) is 0.250. The zero-order valence-corrected chi connectivity index (χ0v) is 17.5. The van der Waals surface area contributed by atoms with Gasteiger partial charge in [-0.25, -0.2) is 14.0 Å². The first kappa shape index (κ1) is 23.0. The highest BCUT2D eigenvalue weighted by Crippen LogP contribution is 2.33. The highest BCUT2D eigenvalue weighted by Gasteiger charge is 2.32. The van der Waals surface area contributed by atoms with Crippen LogP contribution in [0.25, 0.3) is 11.1 Å². The molecule has 6 heteroatoms. The van der Waals surface area contributed by atoms with E-state index in [-0.39, 0.29) is 16.9 Å². The van der Waals surface area contributed by atoms with Gasteiger partial charge in [-0.05, 0) is 51.0 Å². The van der Waals surface area contributed by atoms with Gasteiger partial charge in [0.1, 0.15) is 17.2 Å². The Bertz CT molecular complexity index is 984. The van der Waals surface area contributed by atoms with Crippen molar-refractivity contribution >= 4 is 11.9 Å². The summed E-state index contributed by atoms with van der Waals surface area (Å²) in [6, 6.07) is 10.7. The highest BCUT2D eigenvalue weighted by molar-refractivity contribution is 5.89. The second kappa shape index (κ2) is 9.05. The number of hydrogen-bond donors (Lipinski definition) is 1. The van der Waals surface area contributed by atoms with Crippen molar-refractivity contribution in [3.63, 3.8) is 0 Å². The lowest BCUT2D eigenvalue weighted by atomic mass is 9.93. The summed E-state index contributed by atoms with van der Waals surface area (Å²) in [5.41, 5.74) is 0.504. The fourth-order valence-electron chi connectivity index (χ4n) is 2.65. The molecule has 158 valence electrons. The summed E-state index contributed by atoms with van der Waals surface area (Å²) in [7, 11) is 0. The summed E-state index contributed by atoms with van der Waals surface area (Å²) < 4.78 is 25.0. The third-order valence-electron chi connectivity index (χ3n) is 4.24. The number of benzene rings is 2. The van der Waals surface area contributed by atoms with E-state index >= 15 is 0 Å². The smallest absolute Gasteiger partial charge is 0.338 e. The van der Waals surface area contributed by atoms with Crippen LogP contribution in [-0.4, -0.2) is 22.6 Å². The summed E-state index contributed by atoms with van der Waals surface area (Å²) in [5, 5.41) is 10.4. The van der Waals surface area contributed by atoms with Crippen molar-refractivity contribution in [3.8, 4) is 16.9 Å². The number of ether oxygens (including phenoxy) is 2. The molecule has 2 rings (SSSR count). The van der Waals surface area contributed by atoms with Gasteiger partial charge in [0.2, 0.25) is 0 Å². The van der Waals surface area contributed by atoms with Gasteiger partial charge in [0.25, 0.3) is 0 Å². The van der Waals surface area contributed by atoms with Crippen LogP contribution in [0.1, 0.15) is 39.4 Å². The number of rotatable bonds is 7. The zero-order valence-electron chi connectivity index (χ0n) is 17.5. The molecule has 0 saturated carbocycles. The lowest BCUT2D eigenvalue weighted by Gasteiger charge is -2.29. The first-order valence-electron chi connectivity index (χ1n) is 9.26. The Morgan fingerprint density at radius 1 is 1.00 bits per heavy atom. The largest absolute Gasteiger partial charge is 0.451 e. The molecule has 30 heavy (non-hydrogen) atoms. The number of aliphatic hydroxyl groups is 1. The molecule has 0 aromatic heterocycles. The quantitative estimate of drug-likeness (QED) is 0.398. The molecule has 1 atom stereocenters. The molecule has 1 unspecified atom stereocenters. The average Bonchev–Trinajstić information content (AvgIpc) is 2.65. The average molecular weight is 412 g/mol. The summed E-state index contributed by atoms with van der Waals surface area (Å²) in [4.78, 5) is 23.5. The van der Waals surface area contributed by atoms with Gasteiger partial charge >= 0.3 is 11.9 Å². The van der Waals surface area contributed by atoms with E-state index in [1.54, 1.807) is 24.3 Å². The Morgan fingerprint density at radius 2 is 1.57 bits per heavy atom. The first-order valence-corrected chi connectivity index (χ1v) is 9.26. The molecule has 1 N–H and O–H groups in total. The minimum absolute atomic E-state index is 0.0784. The van der Waals surface area contributed by atoms with E-state index in [2.05, 4.69) is 13.2 Å². The van der Waals surface area contributed by atoms with Crippen molar-refractivity contribution in [1.82, 2.24) is 0 Å². The van der Waals surface area contributed by atoms with Crippen LogP contribution >= 0.6 is 0 Å². The molecular formula is C24H25FO5. The summed E-state index contributed by atoms with van der Waals surface area (Å²) in [6.45, 7) is 13.1. The van der Waals surface area contributed by atoms with E-state index in [1.807, 2.05) is 0 Å². The number of carbonyl (C=O) groups is 2. The van der Waals surface area contributed by atoms with Gasteiger partial charge in [-0.2, -0.15) is 0 Å². The second-order valence-corrected chi connectivity index (χ2v) is 7.65. The molecule has 2 aromatic carbocycles. The number of carbonyl (C=O) groups excluding carboxylic acids is 2. The van der Waals surface area contributed by atoms with E-state index < -0.39 is 29.5 Å². The number of halogens is 1. The van der Waals surface area contributed by atoms with Crippen LogP contribution in [0.4, 0.5) is 4.39 Å². The fourth-order valence-corrected chi connectivity index (χ4v) is 2.65. The molecule has 5 nitrogen and oxygen atoms in total. The molecule has 0 radical (unpaired) electrons. The molecule has 0 heterocycles. The second-order valence-electron chi connectivity index (χ2n) is 7.65. The van der Waals surface area contributed by atoms with Gasteiger partial charge < -0.3 is 14.6 Å². The minimum Gasteiger partial charge on any atom is -0.451 e. The molecule has 0 aliphatic heterocycles. The minimum atomic E-state index is -1.34. The van der Waals surface area contributed by atoms with Crippen molar-refractivity contribution < 1.29 is 28.6 Å². The van der Waals surface area contributed by atoms with Crippen LogP contribution in [0.15, 0.2) is 66.8 Å². The van der Waals surface area contributed by atoms with Gasteiger partial charge in [-0.1, -0.05) is 37.4 Å². The standard InChI is InChI=1S/C24H25FO5/c1-14(2)22(26)29-18-11-12-19(20(25)13-18)16-7-9-17(10-8-16)21(24(5,6)28)30-23(27)15(3)4/h7-13,21,28H,1,3H2,2,4-6H3. The van der Waals surface area contributed by atoms with Crippen LogP contribution in [0.3, 0.4) is 0 Å². The Morgan fingerprint density at radius 3 is 2.03 bits per heavy atom. The normalized spacial score (nSPS) is 12.1. The Hall–Kier alpha value is -3.25. The maximum atomic E-state index is 14.6. The predicted octanol–water partition coefficient (Wildman–Crippen LogP) is 4.91. The van der Waals surface area contributed by atoms with Crippen molar-refractivity contribution in [2.45, 2.75) is 39.4 Å². The molecule has 0 amide bonds. The molecule has 0 bridgehead atoms. The highest BCUT2D eigenvalue weighted by atomic mass is 19.1. The van der Waals surface area contributed by atoms with Gasteiger partial charge in [0.15, 0.2) is 6.10 Å². The third-order valence-corrected chi connectivity index (χ3v) is 4.24. The van der Waals surface area contributed by atoms with E-state index in [0.29, 0.717) is 16.7 Å². The molecule has 0 fully saturated rings. The summed E-state index contributed by atoms with van der Waals surface area (Å²) in [6.07, 6.45) is -0.926. The van der Waals surface area contributed by atoms with Crippen LogP contribution in [0, 0.1) is 5.82 Å². The van der Waals surface area contributed by atoms with Crippen molar-refractivity contribution in [3.05, 3.63) is 78.1 Å². The Labute approximate surface area is 175 Å². The van der Waals surface area contributed by atoms with Gasteiger partial charge in [-0.15, -0.1) is 0 Å². The van der Waals surface area contributed by atoms with E-state index in [4.69, 9.17) is 9.47 Å². The Kier molecular flexibility index (Phi) is 6.95. The van der Waals surface area contributed by atoms with Crippen LogP contribution in [0.2, 0.25) is 0 Å². The van der Waals surface area contributed by atoms with Crippen molar-refractivity contribution in [1.29, 1.82) is 0 Å². The van der Waals surface area contributed by atoms with Crippen LogP contribution in [-0.2, 0) is 14.3 Å². The number of hydrogen-bond acceptors (Lipinski definition) is 5. The van der Waals surface area contributed by atoms with Gasteiger partial charge in [0.05, 0.1) is 0 Å². The van der Waals surface area contributed by atoms with Crippen LogP contribution < -0.4 is 4.74 Å². The maximum Gasteiger partial charge on any atom is 0.338 e. The van der Waals surface area contributed by atoms with Gasteiger partial charge in [-0.3, -0.25) is 0 Å². The lowest BCUT2D eigenvalue weighted by molar-refractivity contribution is -0.158. The van der Waals surface area contributed by atoms with E-state index in [9.17, 15) is 19.1 Å². The monoisotopic (exact) mass is 412 g/mol. The van der Waals surface area contributed by atoms with Crippen LogP contribution in [0.5, 0.6) is 5.75 Å². The van der Waals surface area contributed by atoms with E-state index in [1.165, 1.54) is 39.8 Å². The zero-order chi connectivity index (χ0) is 22.6. The molecule has 0 aliphatic rings.